The zero-order valence-electron chi connectivity index (χ0n) is 17.6. The molecule has 2 saturated carbocycles. The number of likely N-dealkylation sites (tertiary alicyclic amines) is 1. The molecule has 5 aliphatic rings. The number of hydrogen-bond acceptors (Lipinski definition) is 7. The lowest BCUT2D eigenvalue weighted by molar-refractivity contribution is -0.128. The SMILES string of the molecule is CC(=O)N1C[C@@H]2C(c3cc(-c4cnc(N)c(OC(F)F)c4)nc(N4CC5CC4C5)n3)[C@@H]2C1. The van der Waals surface area contributed by atoms with E-state index >= 15 is 0 Å². The van der Waals surface area contributed by atoms with Gasteiger partial charge in [-0.3, -0.25) is 4.79 Å². The first kappa shape index (κ1) is 19.6. The van der Waals surface area contributed by atoms with Gasteiger partial charge in [0, 0.05) is 50.3 Å². The predicted molar refractivity (Wildman–Crippen MR) is 112 cm³/mol. The van der Waals surface area contributed by atoms with E-state index in [9.17, 15) is 13.6 Å². The number of hydrogen-bond donors (Lipinski definition) is 1. The van der Waals surface area contributed by atoms with Crippen LogP contribution in [0, 0.1) is 17.8 Å². The number of pyridine rings is 1. The number of alkyl halides is 2. The second-order valence-corrected chi connectivity index (χ2v) is 9.39. The van der Waals surface area contributed by atoms with Gasteiger partial charge in [0.15, 0.2) is 11.6 Å². The average Bonchev–Trinajstić information content (AvgIpc) is 3.15. The number of piperidine rings is 1. The van der Waals surface area contributed by atoms with Crippen LogP contribution in [0.5, 0.6) is 5.75 Å². The molecule has 0 spiro atoms. The van der Waals surface area contributed by atoms with E-state index in [0.29, 0.717) is 41.0 Å². The van der Waals surface area contributed by atoms with Crippen molar-refractivity contribution in [3.05, 3.63) is 24.0 Å². The molecular formula is C22H24F2N6O2. The summed E-state index contributed by atoms with van der Waals surface area (Å²) in [5.74, 6) is 2.33. The number of nitrogens with zero attached hydrogens (tertiary/aromatic N) is 5. The summed E-state index contributed by atoms with van der Waals surface area (Å²) in [5.41, 5.74) is 7.84. The highest BCUT2D eigenvalue weighted by Crippen LogP contribution is 2.58. The van der Waals surface area contributed by atoms with Crippen molar-refractivity contribution in [2.75, 3.05) is 30.3 Å². The van der Waals surface area contributed by atoms with Gasteiger partial charge in [-0.15, -0.1) is 0 Å². The molecule has 2 aliphatic carbocycles. The summed E-state index contributed by atoms with van der Waals surface area (Å²) in [4.78, 5) is 29.6. The fraction of sp³-hybridized carbons (Fsp3) is 0.545. The molecule has 3 aliphatic heterocycles. The number of amides is 1. The van der Waals surface area contributed by atoms with Gasteiger partial charge in [-0.05, 0) is 42.7 Å². The summed E-state index contributed by atoms with van der Waals surface area (Å²) in [6, 6.07) is 3.85. The summed E-state index contributed by atoms with van der Waals surface area (Å²) in [5, 5.41) is 0. The summed E-state index contributed by atoms with van der Waals surface area (Å²) < 4.78 is 30.1. The van der Waals surface area contributed by atoms with E-state index in [-0.39, 0.29) is 23.4 Å². The Labute approximate surface area is 183 Å². The van der Waals surface area contributed by atoms with E-state index in [1.807, 2.05) is 11.0 Å². The molecule has 8 nitrogen and oxygen atoms in total. The second-order valence-electron chi connectivity index (χ2n) is 9.39. The molecular weight excluding hydrogens is 418 g/mol. The molecule has 10 heteroatoms. The number of aromatic nitrogens is 3. The van der Waals surface area contributed by atoms with Crippen molar-refractivity contribution in [3.8, 4) is 17.0 Å². The number of nitrogens with two attached hydrogens (primary N) is 1. The number of halogens is 2. The highest BCUT2D eigenvalue weighted by molar-refractivity contribution is 5.74. The second kappa shape index (κ2) is 6.98. The third-order valence-electron chi connectivity index (χ3n) is 7.47. The largest absolute Gasteiger partial charge is 0.431 e. The molecule has 1 unspecified atom stereocenters. The fourth-order valence-electron chi connectivity index (χ4n) is 5.68. The van der Waals surface area contributed by atoms with Crippen LogP contribution in [0.3, 0.4) is 0 Å². The van der Waals surface area contributed by atoms with Gasteiger partial charge in [-0.25, -0.2) is 15.0 Å². The molecule has 2 N–H and O–H groups in total. The zero-order valence-corrected chi connectivity index (χ0v) is 17.6. The fourth-order valence-corrected chi connectivity index (χ4v) is 5.68. The van der Waals surface area contributed by atoms with Crippen LogP contribution in [0.1, 0.15) is 31.4 Å². The number of carbonyl (C=O) groups excluding carboxylic acids is 1. The van der Waals surface area contributed by atoms with Gasteiger partial charge in [0.25, 0.3) is 0 Å². The quantitative estimate of drug-likeness (QED) is 0.760. The smallest absolute Gasteiger partial charge is 0.387 e. The number of nitrogen functional groups attached to an aromatic ring is 1. The monoisotopic (exact) mass is 442 g/mol. The first-order chi connectivity index (χ1) is 15.4. The highest BCUT2D eigenvalue weighted by Gasteiger charge is 2.58. The summed E-state index contributed by atoms with van der Waals surface area (Å²) in [7, 11) is 0. The third kappa shape index (κ3) is 3.15. The van der Waals surface area contributed by atoms with E-state index < -0.39 is 6.61 Å². The molecule has 168 valence electrons. The maximum Gasteiger partial charge on any atom is 0.387 e. The van der Waals surface area contributed by atoms with E-state index in [0.717, 1.165) is 25.3 Å². The Hall–Kier alpha value is -3.04. The Bertz CT molecular complexity index is 1080. The van der Waals surface area contributed by atoms with E-state index in [1.165, 1.54) is 25.1 Å². The maximum absolute atomic E-state index is 12.8. The average molecular weight is 442 g/mol. The first-order valence-corrected chi connectivity index (χ1v) is 11.0. The molecule has 5 fully saturated rings. The minimum Gasteiger partial charge on any atom is -0.431 e. The Kier molecular flexibility index (Phi) is 4.28. The van der Waals surface area contributed by atoms with Gasteiger partial charge in [0.2, 0.25) is 11.9 Å². The van der Waals surface area contributed by atoms with Gasteiger partial charge in [0.1, 0.15) is 0 Å². The molecule has 3 atom stereocenters. The maximum atomic E-state index is 12.8. The Morgan fingerprint density at radius 3 is 2.56 bits per heavy atom. The summed E-state index contributed by atoms with van der Waals surface area (Å²) in [6.07, 6.45) is 3.86. The lowest BCUT2D eigenvalue weighted by atomic mass is 9.86. The van der Waals surface area contributed by atoms with Crippen molar-refractivity contribution in [1.29, 1.82) is 0 Å². The Morgan fingerprint density at radius 2 is 1.94 bits per heavy atom. The molecule has 3 saturated heterocycles. The number of rotatable bonds is 5. The topological polar surface area (TPSA) is 97.5 Å². The van der Waals surface area contributed by atoms with E-state index in [1.54, 1.807) is 6.92 Å². The number of anilines is 2. The minimum absolute atomic E-state index is 0.0926. The van der Waals surface area contributed by atoms with Gasteiger partial charge >= 0.3 is 6.61 Å². The van der Waals surface area contributed by atoms with Gasteiger partial charge < -0.3 is 20.3 Å². The molecule has 0 aromatic carbocycles. The van der Waals surface area contributed by atoms with Crippen LogP contribution in [-0.4, -0.2) is 58.0 Å². The van der Waals surface area contributed by atoms with Crippen LogP contribution in [0.15, 0.2) is 18.3 Å². The van der Waals surface area contributed by atoms with Crippen molar-refractivity contribution in [2.24, 2.45) is 17.8 Å². The van der Waals surface area contributed by atoms with E-state index in [4.69, 9.17) is 15.7 Å². The van der Waals surface area contributed by atoms with Gasteiger partial charge in [0.05, 0.1) is 11.4 Å². The van der Waals surface area contributed by atoms with Crippen molar-refractivity contribution in [1.82, 2.24) is 19.9 Å². The molecule has 2 aromatic heterocycles. The van der Waals surface area contributed by atoms with Crippen LogP contribution in [0.4, 0.5) is 20.5 Å². The van der Waals surface area contributed by atoms with Crippen LogP contribution in [-0.2, 0) is 4.79 Å². The summed E-state index contributed by atoms with van der Waals surface area (Å²) >= 11 is 0. The predicted octanol–water partition coefficient (Wildman–Crippen LogP) is 2.51. The molecule has 5 heterocycles. The number of fused-ring (bicyclic) bond motifs is 2. The van der Waals surface area contributed by atoms with Crippen LogP contribution in [0.25, 0.3) is 11.3 Å². The lowest BCUT2D eigenvalue weighted by Gasteiger charge is -2.26. The highest BCUT2D eigenvalue weighted by atomic mass is 19.3. The molecule has 1 amide bonds. The first-order valence-electron chi connectivity index (χ1n) is 11.0. The summed E-state index contributed by atoms with van der Waals surface area (Å²) in [6.45, 7) is 1.07. The normalized spacial score (nSPS) is 29.8. The van der Waals surface area contributed by atoms with Gasteiger partial charge in [-0.2, -0.15) is 8.78 Å². The lowest BCUT2D eigenvalue weighted by Crippen LogP contribution is -2.30. The molecule has 2 bridgehead atoms. The zero-order chi connectivity index (χ0) is 22.1. The van der Waals surface area contributed by atoms with Crippen molar-refractivity contribution < 1.29 is 18.3 Å². The molecule has 0 radical (unpaired) electrons. The van der Waals surface area contributed by atoms with Gasteiger partial charge in [-0.1, -0.05) is 0 Å². The van der Waals surface area contributed by atoms with Crippen LogP contribution < -0.4 is 15.4 Å². The van der Waals surface area contributed by atoms with Crippen molar-refractivity contribution in [2.45, 2.75) is 38.3 Å². The standard InChI is InChI=1S/C22H24F2N6O2/c1-10(31)29-8-14-15(9-29)19(14)17-5-16(12-4-18(32-21(23)24)20(25)26-6-12)27-22(28-17)30-7-11-2-13(30)3-11/h4-6,11,13-15,19,21H,2-3,7-9H2,1H3,(H2,25,26)/t11?,13?,14-,15+,19?. The van der Waals surface area contributed by atoms with Crippen molar-refractivity contribution in [3.63, 3.8) is 0 Å². The minimum atomic E-state index is -2.99. The molecule has 2 aromatic rings. The van der Waals surface area contributed by atoms with E-state index in [2.05, 4.69) is 14.6 Å². The van der Waals surface area contributed by atoms with Crippen LogP contribution in [0.2, 0.25) is 0 Å². The molecule has 7 rings (SSSR count). The Morgan fingerprint density at radius 1 is 1.19 bits per heavy atom. The number of carbonyl (C=O) groups is 1. The van der Waals surface area contributed by atoms with Crippen molar-refractivity contribution >= 4 is 17.7 Å². The van der Waals surface area contributed by atoms with Crippen LogP contribution >= 0.6 is 0 Å². The third-order valence-corrected chi connectivity index (χ3v) is 7.47. The number of ether oxygens (including phenoxy) is 1. The Balaban J connectivity index is 1.36. The molecule has 32 heavy (non-hydrogen) atoms.